The maximum atomic E-state index is 11.6. The molecule has 0 radical (unpaired) electrons. The van der Waals surface area contributed by atoms with E-state index in [-0.39, 0.29) is 11.7 Å². The molecule has 9 nitrogen and oxygen atoms in total. The quantitative estimate of drug-likeness (QED) is 0.581. The van der Waals surface area contributed by atoms with E-state index in [4.69, 9.17) is 0 Å². The number of nitrogens with zero attached hydrogens (tertiary/aromatic N) is 2. The number of nitro groups is 1. The zero-order chi connectivity index (χ0) is 14.7. The van der Waals surface area contributed by atoms with Crippen LogP contribution in [0.4, 0.5) is 10.5 Å². The minimum absolute atomic E-state index is 0.100. The van der Waals surface area contributed by atoms with Gasteiger partial charge in [0.1, 0.15) is 6.54 Å². The van der Waals surface area contributed by atoms with Gasteiger partial charge < -0.3 is 5.32 Å². The third kappa shape index (κ3) is 3.64. The molecular formula is C11H12N4O5. The van der Waals surface area contributed by atoms with Crippen LogP contribution in [0.15, 0.2) is 23.1 Å². The van der Waals surface area contributed by atoms with Gasteiger partial charge in [0.15, 0.2) is 0 Å². The molecule has 0 atom stereocenters. The lowest BCUT2D eigenvalue weighted by molar-refractivity contribution is -0.385. The maximum absolute atomic E-state index is 11.6. The van der Waals surface area contributed by atoms with Gasteiger partial charge in [0.2, 0.25) is 5.91 Å². The van der Waals surface area contributed by atoms with Crippen molar-refractivity contribution in [2.45, 2.75) is 25.4 Å². The van der Waals surface area contributed by atoms with Gasteiger partial charge in [-0.05, 0) is 12.8 Å². The predicted molar refractivity (Wildman–Crippen MR) is 67.1 cm³/mol. The van der Waals surface area contributed by atoms with Gasteiger partial charge >= 0.3 is 6.03 Å². The molecule has 1 aromatic rings. The number of aromatic nitrogens is 1. The Morgan fingerprint density at radius 1 is 1.40 bits per heavy atom. The van der Waals surface area contributed by atoms with Crippen LogP contribution in [-0.4, -0.2) is 27.5 Å². The van der Waals surface area contributed by atoms with Crippen LogP contribution in [0.2, 0.25) is 0 Å². The Hall–Kier alpha value is -2.71. The molecule has 1 fully saturated rings. The fourth-order valence-electron chi connectivity index (χ4n) is 1.52. The molecule has 20 heavy (non-hydrogen) atoms. The number of carbonyl (C=O) groups excluding carboxylic acids is 2. The summed E-state index contributed by atoms with van der Waals surface area (Å²) in [5.74, 6) is -0.717. The summed E-state index contributed by atoms with van der Waals surface area (Å²) in [6.07, 6.45) is 2.72. The van der Waals surface area contributed by atoms with E-state index in [1.54, 1.807) is 0 Å². The number of hydrogen-bond donors (Lipinski definition) is 2. The van der Waals surface area contributed by atoms with Crippen LogP contribution in [0.25, 0.3) is 0 Å². The number of nitrogens with one attached hydrogen (secondary N) is 2. The topological polar surface area (TPSA) is 123 Å². The van der Waals surface area contributed by atoms with Crippen molar-refractivity contribution in [1.82, 2.24) is 15.2 Å². The molecular weight excluding hydrogens is 268 g/mol. The molecule has 1 aliphatic rings. The van der Waals surface area contributed by atoms with Crippen molar-refractivity contribution in [2.24, 2.45) is 0 Å². The van der Waals surface area contributed by atoms with Crippen molar-refractivity contribution in [3.05, 3.63) is 38.8 Å². The normalized spacial score (nSPS) is 13.6. The first-order valence-electron chi connectivity index (χ1n) is 5.91. The van der Waals surface area contributed by atoms with Crippen LogP contribution < -0.4 is 16.2 Å². The van der Waals surface area contributed by atoms with Crippen LogP contribution in [-0.2, 0) is 11.3 Å². The highest BCUT2D eigenvalue weighted by Gasteiger charge is 2.24. The molecule has 9 heteroatoms. The number of carbonyl (C=O) groups is 2. The van der Waals surface area contributed by atoms with Crippen LogP contribution in [0, 0.1) is 10.1 Å². The maximum Gasteiger partial charge on any atom is 0.321 e. The molecule has 106 valence electrons. The number of urea groups is 1. The molecule has 0 aromatic carbocycles. The first-order valence-corrected chi connectivity index (χ1v) is 5.91. The number of rotatable bonds is 4. The Labute approximate surface area is 112 Å². The largest absolute Gasteiger partial charge is 0.335 e. The van der Waals surface area contributed by atoms with Gasteiger partial charge in [0.25, 0.3) is 11.2 Å². The molecule has 0 aliphatic heterocycles. The molecule has 2 rings (SSSR count). The Balaban J connectivity index is 1.99. The number of imide groups is 1. The minimum Gasteiger partial charge on any atom is -0.335 e. The van der Waals surface area contributed by atoms with Crippen molar-refractivity contribution in [1.29, 1.82) is 0 Å². The van der Waals surface area contributed by atoms with Gasteiger partial charge in [-0.15, -0.1) is 0 Å². The monoisotopic (exact) mass is 280 g/mol. The van der Waals surface area contributed by atoms with E-state index in [0.717, 1.165) is 35.7 Å². The summed E-state index contributed by atoms with van der Waals surface area (Å²) < 4.78 is 0.873. The number of amides is 3. The average molecular weight is 280 g/mol. The number of pyridine rings is 1. The standard InChI is InChI=1S/C11H12N4O5/c16-9(13-11(18)12-7-1-2-7)6-14-5-8(15(19)20)3-4-10(14)17/h3-5,7H,1-2,6H2,(H2,12,13,16,18). The Morgan fingerprint density at radius 3 is 2.70 bits per heavy atom. The summed E-state index contributed by atoms with van der Waals surface area (Å²) in [5.41, 5.74) is -0.867. The second-order valence-corrected chi connectivity index (χ2v) is 4.41. The molecule has 1 aromatic heterocycles. The zero-order valence-corrected chi connectivity index (χ0v) is 10.4. The van der Waals surface area contributed by atoms with Crippen molar-refractivity contribution >= 4 is 17.6 Å². The lowest BCUT2D eigenvalue weighted by Gasteiger charge is -2.07. The van der Waals surface area contributed by atoms with E-state index in [1.165, 1.54) is 0 Å². The highest BCUT2D eigenvalue weighted by molar-refractivity contribution is 5.94. The van der Waals surface area contributed by atoms with E-state index in [2.05, 4.69) is 10.6 Å². The van der Waals surface area contributed by atoms with Crippen molar-refractivity contribution in [3.63, 3.8) is 0 Å². The van der Waals surface area contributed by atoms with Crippen molar-refractivity contribution < 1.29 is 14.5 Å². The molecule has 1 saturated carbocycles. The van der Waals surface area contributed by atoms with Gasteiger partial charge in [-0.25, -0.2) is 4.79 Å². The molecule has 0 bridgehead atoms. The van der Waals surface area contributed by atoms with Crippen LogP contribution in [0.3, 0.4) is 0 Å². The third-order valence-corrected chi connectivity index (χ3v) is 2.66. The van der Waals surface area contributed by atoms with Gasteiger partial charge in [-0.2, -0.15) is 0 Å². The first kappa shape index (κ1) is 13.7. The highest BCUT2D eigenvalue weighted by Crippen LogP contribution is 2.18. The Kier molecular flexibility index (Phi) is 3.78. The van der Waals surface area contributed by atoms with Gasteiger partial charge in [-0.3, -0.25) is 29.6 Å². The fraction of sp³-hybridized carbons (Fsp3) is 0.364. The van der Waals surface area contributed by atoms with Gasteiger partial charge in [-0.1, -0.05) is 0 Å². The van der Waals surface area contributed by atoms with Crippen molar-refractivity contribution in [3.8, 4) is 0 Å². The summed E-state index contributed by atoms with van der Waals surface area (Å²) in [5, 5.41) is 15.2. The average Bonchev–Trinajstić information content (AvgIpc) is 3.15. The highest BCUT2D eigenvalue weighted by atomic mass is 16.6. The summed E-state index contributed by atoms with van der Waals surface area (Å²) >= 11 is 0. The van der Waals surface area contributed by atoms with Gasteiger partial charge in [0, 0.05) is 18.2 Å². The lowest BCUT2D eigenvalue weighted by Crippen LogP contribution is -2.42. The Morgan fingerprint density at radius 2 is 2.10 bits per heavy atom. The molecule has 2 N–H and O–H groups in total. The third-order valence-electron chi connectivity index (χ3n) is 2.66. The summed E-state index contributed by atoms with van der Waals surface area (Å²) in [6.45, 7) is -0.460. The predicted octanol–water partition coefficient (Wildman–Crippen LogP) is -0.255. The molecule has 1 heterocycles. The minimum atomic E-state index is -0.717. The Bertz CT molecular complexity index is 619. The fourth-order valence-corrected chi connectivity index (χ4v) is 1.52. The number of hydrogen-bond acceptors (Lipinski definition) is 5. The molecule has 0 unspecified atom stereocenters. The second kappa shape index (κ2) is 5.51. The molecule has 3 amide bonds. The lowest BCUT2D eigenvalue weighted by atomic mass is 10.4. The second-order valence-electron chi connectivity index (χ2n) is 4.41. The van der Waals surface area contributed by atoms with E-state index < -0.39 is 29.0 Å². The molecule has 0 spiro atoms. The SMILES string of the molecule is O=C(Cn1cc([N+](=O)[O-])ccc1=O)NC(=O)NC1CC1. The van der Waals surface area contributed by atoms with E-state index in [1.807, 2.05) is 0 Å². The summed E-state index contributed by atoms with van der Waals surface area (Å²) in [6, 6.07) is 1.52. The molecule has 0 saturated heterocycles. The van der Waals surface area contributed by atoms with E-state index in [0.29, 0.717) is 0 Å². The zero-order valence-electron chi connectivity index (χ0n) is 10.4. The van der Waals surface area contributed by atoms with Crippen LogP contribution >= 0.6 is 0 Å². The molecule has 1 aliphatic carbocycles. The van der Waals surface area contributed by atoms with Crippen LogP contribution in [0.5, 0.6) is 0 Å². The van der Waals surface area contributed by atoms with Crippen molar-refractivity contribution in [2.75, 3.05) is 0 Å². The van der Waals surface area contributed by atoms with E-state index in [9.17, 15) is 24.5 Å². The van der Waals surface area contributed by atoms with Crippen LogP contribution in [0.1, 0.15) is 12.8 Å². The van der Waals surface area contributed by atoms with Gasteiger partial charge in [0.05, 0.1) is 11.1 Å². The smallest absolute Gasteiger partial charge is 0.321 e. The summed E-state index contributed by atoms with van der Waals surface area (Å²) in [4.78, 5) is 44.2. The van der Waals surface area contributed by atoms with E-state index >= 15 is 0 Å². The summed E-state index contributed by atoms with van der Waals surface area (Å²) in [7, 11) is 0. The first-order chi connectivity index (χ1) is 9.45.